The molecule has 1 aromatic carbocycles. The number of esters is 1. The summed E-state index contributed by atoms with van der Waals surface area (Å²) in [6, 6.07) is 6.61. The van der Waals surface area contributed by atoms with Gasteiger partial charge in [-0.25, -0.2) is 4.79 Å². The maximum Gasteiger partial charge on any atom is 0.333 e. The van der Waals surface area contributed by atoms with E-state index in [1.54, 1.807) is 6.92 Å². The average Bonchev–Trinajstić information content (AvgIpc) is 2.90. The van der Waals surface area contributed by atoms with Gasteiger partial charge in [-0.1, -0.05) is 64.2 Å². The predicted molar refractivity (Wildman–Crippen MR) is 147 cm³/mol. The van der Waals surface area contributed by atoms with E-state index in [2.05, 4.69) is 31.7 Å². The number of aliphatic hydroxyl groups is 1. The molecular formula is C32H50O4. The van der Waals surface area contributed by atoms with Gasteiger partial charge in [0, 0.05) is 5.57 Å². The Balaban J connectivity index is 1.50. The number of hydrogen-bond acceptors (Lipinski definition) is 4. The van der Waals surface area contributed by atoms with E-state index in [0.717, 1.165) is 41.9 Å². The van der Waals surface area contributed by atoms with E-state index in [9.17, 15) is 9.90 Å². The van der Waals surface area contributed by atoms with E-state index < -0.39 is 0 Å². The quantitative estimate of drug-likeness (QED) is 0.162. The number of hydrogen-bond donors (Lipinski definition) is 1. The van der Waals surface area contributed by atoms with Gasteiger partial charge >= 0.3 is 5.97 Å². The zero-order valence-corrected chi connectivity index (χ0v) is 22.9. The van der Waals surface area contributed by atoms with E-state index in [4.69, 9.17) is 9.47 Å². The fourth-order valence-electron chi connectivity index (χ4n) is 6.45. The highest BCUT2D eigenvalue weighted by Gasteiger charge is 2.31. The van der Waals surface area contributed by atoms with E-state index >= 15 is 0 Å². The lowest BCUT2D eigenvalue weighted by Gasteiger charge is -2.38. The maximum atomic E-state index is 11.7. The maximum absolute atomic E-state index is 11.7. The number of carbonyl (C=O) groups is 1. The lowest BCUT2D eigenvalue weighted by molar-refractivity contribution is -0.139. The number of unbranched alkanes of at least 4 members (excludes halogenated alkanes) is 2. The van der Waals surface area contributed by atoms with Gasteiger partial charge in [-0.15, -0.1) is 0 Å². The number of rotatable bonds is 14. The van der Waals surface area contributed by atoms with Gasteiger partial charge in [0.2, 0.25) is 0 Å². The van der Waals surface area contributed by atoms with Crippen LogP contribution in [0.2, 0.25) is 0 Å². The van der Waals surface area contributed by atoms with Crippen molar-refractivity contribution in [2.75, 3.05) is 19.8 Å². The minimum absolute atomic E-state index is 0.00207. The van der Waals surface area contributed by atoms with Gasteiger partial charge in [0.05, 0.1) is 13.2 Å². The van der Waals surface area contributed by atoms with Gasteiger partial charge in [0.1, 0.15) is 12.4 Å². The van der Waals surface area contributed by atoms with Crippen LogP contribution in [0.3, 0.4) is 0 Å². The lowest BCUT2D eigenvalue weighted by Crippen LogP contribution is -2.25. The summed E-state index contributed by atoms with van der Waals surface area (Å²) in [5.74, 6) is 4.01. The molecule has 36 heavy (non-hydrogen) atoms. The Morgan fingerprint density at radius 2 is 1.67 bits per heavy atom. The third kappa shape index (κ3) is 8.94. The third-order valence-corrected chi connectivity index (χ3v) is 8.62. The van der Waals surface area contributed by atoms with Crippen molar-refractivity contribution >= 4 is 5.97 Å². The number of benzene rings is 1. The van der Waals surface area contributed by atoms with Crippen LogP contribution >= 0.6 is 0 Å². The predicted octanol–water partition coefficient (Wildman–Crippen LogP) is 7.77. The normalized spacial score (nSPS) is 24.3. The molecule has 4 nitrogen and oxygen atoms in total. The molecule has 4 heteroatoms. The van der Waals surface area contributed by atoms with Gasteiger partial charge < -0.3 is 14.6 Å². The average molecular weight is 499 g/mol. The summed E-state index contributed by atoms with van der Waals surface area (Å²) >= 11 is 0. The second-order valence-electron chi connectivity index (χ2n) is 11.3. The zero-order valence-electron chi connectivity index (χ0n) is 22.9. The number of aliphatic hydroxyl groups excluding tert-OH is 1. The summed E-state index contributed by atoms with van der Waals surface area (Å²) in [4.78, 5) is 11.7. The van der Waals surface area contributed by atoms with E-state index in [1.807, 2.05) is 0 Å². The molecule has 2 fully saturated rings. The van der Waals surface area contributed by atoms with Crippen molar-refractivity contribution in [3.63, 3.8) is 0 Å². The molecule has 0 radical (unpaired) electrons. The van der Waals surface area contributed by atoms with Crippen molar-refractivity contribution in [1.82, 2.24) is 0 Å². The van der Waals surface area contributed by atoms with Gasteiger partial charge in [0.25, 0.3) is 0 Å². The first-order chi connectivity index (χ1) is 17.5. The molecule has 1 aromatic rings. The molecule has 0 aromatic heterocycles. The fraction of sp³-hybridized carbons (Fsp3) is 0.719. The molecule has 2 aliphatic carbocycles. The molecule has 0 atom stereocenters. The zero-order chi connectivity index (χ0) is 25.8. The molecule has 0 saturated heterocycles. The van der Waals surface area contributed by atoms with Crippen LogP contribution in [0.4, 0.5) is 0 Å². The van der Waals surface area contributed by atoms with Crippen LogP contribution in [0.5, 0.6) is 5.75 Å². The Hall–Kier alpha value is -1.81. The Morgan fingerprint density at radius 3 is 2.31 bits per heavy atom. The van der Waals surface area contributed by atoms with Crippen LogP contribution in [0.1, 0.15) is 114 Å². The summed E-state index contributed by atoms with van der Waals surface area (Å²) in [5.41, 5.74) is 2.99. The number of carbonyl (C=O) groups excluding carboxylic acids is 1. The van der Waals surface area contributed by atoms with Crippen LogP contribution in [0.25, 0.3) is 0 Å². The van der Waals surface area contributed by atoms with E-state index in [0.29, 0.717) is 24.7 Å². The van der Waals surface area contributed by atoms with Crippen molar-refractivity contribution in [2.45, 2.75) is 110 Å². The third-order valence-electron chi connectivity index (χ3n) is 8.62. The molecule has 0 aliphatic heterocycles. The van der Waals surface area contributed by atoms with Gasteiger partial charge in [-0.05, 0) is 99.2 Å². The molecule has 0 spiro atoms. The smallest absolute Gasteiger partial charge is 0.333 e. The van der Waals surface area contributed by atoms with Crippen molar-refractivity contribution in [2.24, 2.45) is 17.8 Å². The molecular weight excluding hydrogens is 448 g/mol. The highest BCUT2D eigenvalue weighted by molar-refractivity contribution is 5.86. The monoisotopic (exact) mass is 498 g/mol. The minimum atomic E-state index is -0.331. The van der Waals surface area contributed by atoms with Crippen LogP contribution < -0.4 is 4.74 Å². The summed E-state index contributed by atoms with van der Waals surface area (Å²) in [7, 11) is 0. The highest BCUT2D eigenvalue weighted by atomic mass is 16.5. The molecule has 0 heterocycles. The van der Waals surface area contributed by atoms with Crippen molar-refractivity contribution in [3.05, 3.63) is 41.5 Å². The van der Waals surface area contributed by atoms with Crippen molar-refractivity contribution in [3.8, 4) is 5.75 Å². The number of aryl methyl sites for hydroxylation is 1. The topological polar surface area (TPSA) is 55.8 Å². The van der Waals surface area contributed by atoms with Crippen LogP contribution in [0.15, 0.2) is 30.4 Å². The van der Waals surface area contributed by atoms with Crippen LogP contribution in [-0.4, -0.2) is 30.9 Å². The summed E-state index contributed by atoms with van der Waals surface area (Å²) in [6.07, 6.45) is 18.3. The summed E-state index contributed by atoms with van der Waals surface area (Å²) < 4.78 is 11.1. The Labute approximate surface area is 219 Å². The first-order valence-corrected chi connectivity index (χ1v) is 14.7. The molecule has 2 aliphatic rings. The molecule has 2 saturated carbocycles. The van der Waals surface area contributed by atoms with Gasteiger partial charge in [-0.2, -0.15) is 0 Å². The highest BCUT2D eigenvalue weighted by Crippen LogP contribution is 2.45. The Kier molecular flexibility index (Phi) is 12.3. The lowest BCUT2D eigenvalue weighted by atomic mass is 9.68. The van der Waals surface area contributed by atoms with Crippen molar-refractivity contribution < 1.29 is 19.4 Å². The fourth-order valence-corrected chi connectivity index (χ4v) is 6.45. The minimum Gasteiger partial charge on any atom is -0.491 e. The van der Waals surface area contributed by atoms with Crippen LogP contribution in [-0.2, 0) is 16.0 Å². The second kappa shape index (κ2) is 15.4. The van der Waals surface area contributed by atoms with E-state index in [-0.39, 0.29) is 12.6 Å². The molecule has 1 N–H and O–H groups in total. The van der Waals surface area contributed by atoms with Gasteiger partial charge in [-0.3, -0.25) is 0 Å². The first kappa shape index (κ1) is 28.8. The first-order valence-electron chi connectivity index (χ1n) is 14.7. The molecule has 0 amide bonds. The SMILES string of the molecule is C=C(C)C(=O)OCCCc1cc(C2CCC(C3CCC(CCCCC)CC3)CC2)ccc1OCCO. The molecule has 0 bridgehead atoms. The molecule has 202 valence electrons. The second-order valence-corrected chi connectivity index (χ2v) is 11.3. The Morgan fingerprint density at radius 1 is 0.972 bits per heavy atom. The summed E-state index contributed by atoms with van der Waals surface area (Å²) in [5, 5.41) is 9.21. The van der Waals surface area contributed by atoms with Gasteiger partial charge in [0.15, 0.2) is 0 Å². The number of ether oxygens (including phenoxy) is 2. The standard InChI is InChI=1S/C32H50O4/c1-4-5-6-8-25-10-12-26(13-11-25)27-14-16-28(17-15-27)29-18-19-31(35-22-20-33)30(23-29)9-7-21-36-32(34)24(2)3/h18-19,23,25-28,33H,2,4-17,20-22H2,1,3H3. The van der Waals surface area contributed by atoms with Crippen LogP contribution in [0, 0.1) is 17.8 Å². The molecule has 0 unspecified atom stereocenters. The van der Waals surface area contributed by atoms with Crippen molar-refractivity contribution in [1.29, 1.82) is 0 Å². The molecule has 3 rings (SSSR count). The summed E-state index contributed by atoms with van der Waals surface area (Å²) in [6.45, 7) is 8.28. The van der Waals surface area contributed by atoms with E-state index in [1.165, 1.54) is 82.6 Å². The largest absolute Gasteiger partial charge is 0.491 e. The Bertz CT molecular complexity index is 800.